The molecule has 2 N–H and O–H groups in total. The summed E-state index contributed by atoms with van der Waals surface area (Å²) in [4.78, 5) is 19.2. The molecular formula is C18H15Cl2N5O2. The van der Waals surface area contributed by atoms with Crippen LogP contribution in [-0.2, 0) is 0 Å². The van der Waals surface area contributed by atoms with E-state index < -0.39 is 4.92 Å². The van der Waals surface area contributed by atoms with E-state index in [-0.39, 0.29) is 17.3 Å². The van der Waals surface area contributed by atoms with Crippen molar-refractivity contribution in [2.45, 2.75) is 13.8 Å². The molecule has 0 saturated carbocycles. The SMILES string of the molecule is Cc1ccc(Nc2ncnc(Nc3cc(Cl)ccc3Cl)c2[N+](=O)[O-])cc1C. The number of hydrogen-bond acceptors (Lipinski definition) is 6. The topological polar surface area (TPSA) is 93.0 Å². The van der Waals surface area contributed by atoms with E-state index >= 15 is 0 Å². The molecule has 0 saturated heterocycles. The average molecular weight is 404 g/mol. The van der Waals surface area contributed by atoms with Gasteiger partial charge >= 0.3 is 5.69 Å². The minimum atomic E-state index is -0.551. The van der Waals surface area contributed by atoms with Crippen molar-refractivity contribution in [1.82, 2.24) is 9.97 Å². The normalized spacial score (nSPS) is 10.5. The number of anilines is 4. The Balaban J connectivity index is 2.00. The van der Waals surface area contributed by atoms with Crippen molar-refractivity contribution in [3.63, 3.8) is 0 Å². The first kappa shape index (κ1) is 18.9. The zero-order valence-electron chi connectivity index (χ0n) is 14.5. The van der Waals surface area contributed by atoms with E-state index in [1.807, 2.05) is 32.0 Å². The van der Waals surface area contributed by atoms with Crippen molar-refractivity contribution in [3.8, 4) is 0 Å². The molecule has 0 radical (unpaired) electrons. The van der Waals surface area contributed by atoms with Gasteiger partial charge in [0.25, 0.3) is 0 Å². The lowest BCUT2D eigenvalue weighted by molar-refractivity contribution is -0.383. The standard InChI is InChI=1S/C18H15Cl2N5O2/c1-10-3-5-13(7-11(10)2)23-17-16(25(26)27)18(22-9-21-17)24-15-8-12(19)4-6-14(15)20/h3-9H,1-2H3,(H2,21,22,23,24). The molecule has 1 aromatic heterocycles. The number of halogens is 2. The summed E-state index contributed by atoms with van der Waals surface area (Å²) in [5, 5.41) is 18.3. The Bertz CT molecular complexity index is 1030. The van der Waals surface area contributed by atoms with Gasteiger partial charge in [0.05, 0.1) is 15.6 Å². The maximum atomic E-state index is 11.7. The fourth-order valence-electron chi connectivity index (χ4n) is 2.41. The summed E-state index contributed by atoms with van der Waals surface area (Å²) in [6.45, 7) is 3.95. The molecule has 0 unspecified atom stereocenters. The van der Waals surface area contributed by atoms with Crippen LogP contribution in [0.4, 0.5) is 28.7 Å². The van der Waals surface area contributed by atoms with Crippen molar-refractivity contribution in [1.29, 1.82) is 0 Å². The van der Waals surface area contributed by atoms with Crippen LogP contribution in [0.3, 0.4) is 0 Å². The summed E-state index contributed by atoms with van der Waals surface area (Å²) >= 11 is 12.1. The highest BCUT2D eigenvalue weighted by Gasteiger charge is 2.24. The molecular weight excluding hydrogens is 389 g/mol. The molecule has 1 heterocycles. The van der Waals surface area contributed by atoms with Gasteiger partial charge in [0, 0.05) is 10.7 Å². The molecule has 138 valence electrons. The van der Waals surface area contributed by atoms with E-state index in [2.05, 4.69) is 20.6 Å². The fraction of sp³-hybridized carbons (Fsp3) is 0.111. The smallest absolute Gasteiger partial charge is 0.334 e. The third kappa shape index (κ3) is 4.27. The predicted molar refractivity (Wildman–Crippen MR) is 108 cm³/mol. The minimum absolute atomic E-state index is 0.00509. The molecule has 0 spiro atoms. The fourth-order valence-corrected chi connectivity index (χ4v) is 2.75. The number of nitrogens with one attached hydrogen (secondary N) is 2. The highest BCUT2D eigenvalue weighted by molar-refractivity contribution is 6.35. The molecule has 0 aliphatic rings. The predicted octanol–water partition coefficient (Wildman–Crippen LogP) is 5.80. The number of nitrogens with zero attached hydrogens (tertiary/aromatic N) is 3. The van der Waals surface area contributed by atoms with E-state index in [0.717, 1.165) is 11.1 Å². The van der Waals surface area contributed by atoms with Gasteiger partial charge in [-0.3, -0.25) is 10.1 Å². The largest absolute Gasteiger partial charge is 0.353 e. The summed E-state index contributed by atoms with van der Waals surface area (Å²) in [7, 11) is 0. The van der Waals surface area contributed by atoms with Crippen LogP contribution >= 0.6 is 23.2 Å². The first-order chi connectivity index (χ1) is 12.8. The number of hydrogen-bond donors (Lipinski definition) is 2. The van der Waals surface area contributed by atoms with Crippen molar-refractivity contribution in [2.75, 3.05) is 10.6 Å². The van der Waals surface area contributed by atoms with Gasteiger partial charge in [-0.15, -0.1) is 0 Å². The van der Waals surface area contributed by atoms with Crippen molar-refractivity contribution in [3.05, 3.63) is 74.0 Å². The number of aryl methyl sites for hydroxylation is 2. The Hall–Kier alpha value is -2.90. The van der Waals surface area contributed by atoms with Gasteiger partial charge in [0.1, 0.15) is 6.33 Å². The Morgan fingerprint density at radius 2 is 1.67 bits per heavy atom. The summed E-state index contributed by atoms with van der Waals surface area (Å²) in [6.07, 6.45) is 1.23. The Labute approximate surface area is 165 Å². The lowest BCUT2D eigenvalue weighted by atomic mass is 10.1. The van der Waals surface area contributed by atoms with Gasteiger partial charge in [-0.1, -0.05) is 29.3 Å². The van der Waals surface area contributed by atoms with Gasteiger partial charge < -0.3 is 10.6 Å². The van der Waals surface area contributed by atoms with Crippen molar-refractivity contribution >= 4 is 51.9 Å². The van der Waals surface area contributed by atoms with Gasteiger partial charge in [0.15, 0.2) is 0 Å². The second-order valence-corrected chi connectivity index (χ2v) is 6.69. The summed E-state index contributed by atoms with van der Waals surface area (Å²) in [5.41, 5.74) is 2.97. The molecule has 0 amide bonds. The zero-order valence-corrected chi connectivity index (χ0v) is 16.0. The van der Waals surface area contributed by atoms with Crippen LogP contribution in [0.5, 0.6) is 0 Å². The third-order valence-electron chi connectivity index (χ3n) is 3.96. The van der Waals surface area contributed by atoms with Crippen molar-refractivity contribution < 1.29 is 4.92 Å². The minimum Gasteiger partial charge on any atom is -0.334 e. The van der Waals surface area contributed by atoms with Crippen LogP contribution in [0.1, 0.15) is 11.1 Å². The molecule has 0 aliphatic carbocycles. The molecule has 27 heavy (non-hydrogen) atoms. The number of nitro groups is 1. The Morgan fingerprint density at radius 1 is 0.963 bits per heavy atom. The highest BCUT2D eigenvalue weighted by Crippen LogP contribution is 2.35. The van der Waals surface area contributed by atoms with Crippen LogP contribution < -0.4 is 10.6 Å². The highest BCUT2D eigenvalue weighted by atomic mass is 35.5. The van der Waals surface area contributed by atoms with Crippen molar-refractivity contribution in [2.24, 2.45) is 0 Å². The molecule has 0 bridgehead atoms. The molecule has 2 aromatic carbocycles. The summed E-state index contributed by atoms with van der Waals surface area (Å²) in [5.74, 6) is 0.0735. The van der Waals surface area contributed by atoms with Crippen LogP contribution in [0.2, 0.25) is 10.0 Å². The van der Waals surface area contributed by atoms with Gasteiger partial charge in [-0.25, -0.2) is 9.97 Å². The van der Waals surface area contributed by atoms with E-state index in [1.165, 1.54) is 6.33 Å². The molecule has 3 rings (SSSR count). The molecule has 0 fully saturated rings. The summed E-state index contributed by atoms with van der Waals surface area (Å²) < 4.78 is 0. The first-order valence-corrected chi connectivity index (χ1v) is 8.66. The van der Waals surface area contributed by atoms with Crippen LogP contribution in [0.25, 0.3) is 0 Å². The van der Waals surface area contributed by atoms with E-state index in [4.69, 9.17) is 23.2 Å². The second kappa shape index (κ2) is 7.77. The first-order valence-electron chi connectivity index (χ1n) is 7.91. The maximum Gasteiger partial charge on any atom is 0.353 e. The van der Waals surface area contributed by atoms with Gasteiger partial charge in [-0.05, 0) is 55.3 Å². The second-order valence-electron chi connectivity index (χ2n) is 5.85. The van der Waals surface area contributed by atoms with Crippen LogP contribution in [0.15, 0.2) is 42.7 Å². The molecule has 9 heteroatoms. The van der Waals surface area contributed by atoms with E-state index in [1.54, 1.807) is 18.2 Å². The van der Waals surface area contributed by atoms with Crippen LogP contribution in [-0.4, -0.2) is 14.9 Å². The Morgan fingerprint density at radius 3 is 2.33 bits per heavy atom. The number of aromatic nitrogens is 2. The molecule has 3 aromatic rings. The van der Waals surface area contributed by atoms with Gasteiger partial charge in [0.2, 0.25) is 11.6 Å². The monoisotopic (exact) mass is 403 g/mol. The maximum absolute atomic E-state index is 11.7. The van der Waals surface area contributed by atoms with Gasteiger partial charge in [-0.2, -0.15) is 0 Å². The van der Waals surface area contributed by atoms with E-state index in [0.29, 0.717) is 21.4 Å². The lowest BCUT2D eigenvalue weighted by Crippen LogP contribution is -2.06. The summed E-state index contributed by atoms with van der Waals surface area (Å²) in [6, 6.07) is 10.4. The Kier molecular flexibility index (Phi) is 5.43. The van der Waals surface area contributed by atoms with Crippen LogP contribution in [0, 0.1) is 24.0 Å². The van der Waals surface area contributed by atoms with E-state index in [9.17, 15) is 10.1 Å². The molecule has 0 aliphatic heterocycles. The number of rotatable bonds is 5. The third-order valence-corrected chi connectivity index (χ3v) is 4.52. The quantitative estimate of drug-likeness (QED) is 0.413. The average Bonchev–Trinajstić information content (AvgIpc) is 2.61. The molecule has 0 atom stereocenters. The molecule has 7 nitrogen and oxygen atoms in total. The zero-order chi connectivity index (χ0) is 19.6. The lowest BCUT2D eigenvalue weighted by Gasteiger charge is -2.12. The number of benzene rings is 2.